The summed E-state index contributed by atoms with van der Waals surface area (Å²) in [5.41, 5.74) is 0. The molecule has 1 aliphatic heterocycles. The predicted molar refractivity (Wildman–Crippen MR) is 55.5 cm³/mol. The molecule has 0 spiro atoms. The van der Waals surface area contributed by atoms with Crippen LogP contribution in [0.25, 0.3) is 0 Å². The zero-order valence-corrected chi connectivity index (χ0v) is 9.03. The third kappa shape index (κ3) is 3.87. The lowest BCUT2D eigenvalue weighted by atomic mass is 10.2. The highest BCUT2D eigenvalue weighted by Crippen LogP contribution is 2.15. The van der Waals surface area contributed by atoms with Crippen LogP contribution in [0.5, 0.6) is 0 Å². The quantitative estimate of drug-likeness (QED) is 0.635. The van der Waals surface area contributed by atoms with Gasteiger partial charge in [0.2, 0.25) is 5.91 Å². The minimum absolute atomic E-state index is 0.382. The smallest absolute Gasteiger partial charge is 0.312 e. The van der Waals surface area contributed by atoms with Crippen LogP contribution in [-0.2, 0) is 9.59 Å². The molecule has 1 fully saturated rings. The summed E-state index contributed by atoms with van der Waals surface area (Å²) >= 11 is 0. The average molecular weight is 214 g/mol. The van der Waals surface area contributed by atoms with E-state index in [-0.39, 0.29) is 0 Å². The summed E-state index contributed by atoms with van der Waals surface area (Å²) in [5, 5.41) is 11.1. The number of likely N-dealkylation sites (N-methyl/N-ethyl adjacent to an activating group) is 1. The normalized spacial score (nSPS) is 21.5. The first kappa shape index (κ1) is 12.0. The summed E-state index contributed by atoms with van der Waals surface area (Å²) in [6.07, 6.45) is 1.81. The van der Waals surface area contributed by atoms with Crippen molar-refractivity contribution in [2.45, 2.75) is 32.2 Å². The fourth-order valence-corrected chi connectivity index (χ4v) is 1.97. The zero-order valence-electron chi connectivity index (χ0n) is 9.03. The third-order valence-electron chi connectivity index (χ3n) is 2.75. The number of hydrogen-bond donors (Lipinski definition) is 2. The van der Waals surface area contributed by atoms with Crippen LogP contribution in [0.3, 0.4) is 0 Å². The maximum absolute atomic E-state index is 11.1. The highest BCUT2D eigenvalue weighted by Gasteiger charge is 2.23. The molecule has 0 bridgehead atoms. The number of carbonyl (C=O) groups is 2. The van der Waals surface area contributed by atoms with Crippen molar-refractivity contribution in [1.29, 1.82) is 0 Å². The molecule has 86 valence electrons. The SMILES string of the molecule is CCN1CCCC1CNC(=O)CC(=O)O. The highest BCUT2D eigenvalue weighted by atomic mass is 16.4. The summed E-state index contributed by atoms with van der Waals surface area (Å²) in [5.74, 6) is -1.48. The van der Waals surface area contributed by atoms with Crippen LogP contribution >= 0.6 is 0 Å². The first-order chi connectivity index (χ1) is 7.13. The standard InChI is InChI=1S/C10H18N2O3/c1-2-12-5-3-4-8(12)7-11-9(13)6-10(14)15/h8H,2-7H2,1H3,(H,11,13)(H,14,15). The largest absolute Gasteiger partial charge is 0.481 e. The molecule has 0 aromatic carbocycles. The Kier molecular flexibility index (Phi) is 4.55. The Hall–Kier alpha value is -1.10. The molecule has 0 radical (unpaired) electrons. The van der Waals surface area contributed by atoms with Crippen molar-refractivity contribution >= 4 is 11.9 Å². The Balaban J connectivity index is 2.24. The monoisotopic (exact) mass is 214 g/mol. The summed E-state index contributed by atoms with van der Waals surface area (Å²) in [4.78, 5) is 23.7. The molecule has 1 saturated heterocycles. The van der Waals surface area contributed by atoms with E-state index in [1.807, 2.05) is 0 Å². The zero-order chi connectivity index (χ0) is 11.3. The lowest BCUT2D eigenvalue weighted by Gasteiger charge is -2.22. The van der Waals surface area contributed by atoms with Crippen LogP contribution in [0.4, 0.5) is 0 Å². The molecule has 0 aromatic heterocycles. The van der Waals surface area contributed by atoms with Crippen LogP contribution in [-0.4, -0.2) is 47.6 Å². The molecule has 1 amide bonds. The Morgan fingerprint density at radius 1 is 1.53 bits per heavy atom. The van der Waals surface area contributed by atoms with Crippen LogP contribution in [0, 0.1) is 0 Å². The summed E-state index contributed by atoms with van der Waals surface area (Å²) in [7, 11) is 0. The van der Waals surface area contributed by atoms with Gasteiger partial charge in [0.25, 0.3) is 0 Å². The third-order valence-corrected chi connectivity index (χ3v) is 2.75. The van der Waals surface area contributed by atoms with E-state index < -0.39 is 18.3 Å². The van der Waals surface area contributed by atoms with Gasteiger partial charge in [0, 0.05) is 12.6 Å². The number of carboxylic acids is 1. The van der Waals surface area contributed by atoms with Gasteiger partial charge in [0.05, 0.1) is 0 Å². The average Bonchev–Trinajstić information content (AvgIpc) is 2.60. The number of rotatable bonds is 5. The van der Waals surface area contributed by atoms with Crippen LogP contribution < -0.4 is 5.32 Å². The van der Waals surface area contributed by atoms with Gasteiger partial charge in [0.1, 0.15) is 6.42 Å². The van der Waals surface area contributed by atoms with E-state index in [1.54, 1.807) is 0 Å². The number of amides is 1. The van der Waals surface area contributed by atoms with Crippen molar-refractivity contribution in [2.24, 2.45) is 0 Å². The molecular formula is C10H18N2O3. The van der Waals surface area contributed by atoms with E-state index in [9.17, 15) is 9.59 Å². The maximum atomic E-state index is 11.1. The van der Waals surface area contributed by atoms with Gasteiger partial charge in [-0.25, -0.2) is 0 Å². The van der Waals surface area contributed by atoms with Crippen molar-refractivity contribution in [3.63, 3.8) is 0 Å². The fourth-order valence-electron chi connectivity index (χ4n) is 1.97. The molecule has 1 heterocycles. The van der Waals surface area contributed by atoms with Gasteiger partial charge in [-0.05, 0) is 25.9 Å². The Labute approximate surface area is 89.4 Å². The molecule has 5 nitrogen and oxygen atoms in total. The summed E-state index contributed by atoms with van der Waals surface area (Å²) in [6, 6.07) is 0.382. The van der Waals surface area contributed by atoms with E-state index in [1.165, 1.54) is 0 Å². The van der Waals surface area contributed by atoms with Crippen molar-refractivity contribution in [3.8, 4) is 0 Å². The van der Waals surface area contributed by atoms with Gasteiger partial charge in [-0.3, -0.25) is 14.5 Å². The molecule has 1 atom stereocenters. The number of hydrogen-bond acceptors (Lipinski definition) is 3. The van der Waals surface area contributed by atoms with E-state index >= 15 is 0 Å². The molecule has 0 aromatic rings. The van der Waals surface area contributed by atoms with E-state index in [4.69, 9.17) is 5.11 Å². The summed E-state index contributed by atoms with van der Waals surface area (Å²) in [6.45, 7) is 4.73. The second-order valence-corrected chi connectivity index (χ2v) is 3.80. The van der Waals surface area contributed by atoms with Gasteiger partial charge >= 0.3 is 5.97 Å². The molecular weight excluding hydrogens is 196 g/mol. The predicted octanol–water partition coefficient (Wildman–Crippen LogP) is 0.0616. The number of likely N-dealkylation sites (tertiary alicyclic amines) is 1. The highest BCUT2D eigenvalue weighted by molar-refractivity contribution is 5.93. The first-order valence-electron chi connectivity index (χ1n) is 5.36. The molecule has 5 heteroatoms. The van der Waals surface area contributed by atoms with Gasteiger partial charge in [-0.2, -0.15) is 0 Å². The lowest BCUT2D eigenvalue weighted by Crippen LogP contribution is -2.40. The van der Waals surface area contributed by atoms with E-state index in [2.05, 4.69) is 17.1 Å². The van der Waals surface area contributed by atoms with Crippen LogP contribution in [0.1, 0.15) is 26.2 Å². The van der Waals surface area contributed by atoms with Crippen molar-refractivity contribution in [2.75, 3.05) is 19.6 Å². The number of nitrogens with one attached hydrogen (secondary N) is 1. The molecule has 0 aliphatic carbocycles. The Morgan fingerprint density at radius 2 is 2.27 bits per heavy atom. The molecule has 2 N–H and O–H groups in total. The molecule has 1 unspecified atom stereocenters. The minimum Gasteiger partial charge on any atom is -0.481 e. The second-order valence-electron chi connectivity index (χ2n) is 3.80. The van der Waals surface area contributed by atoms with Crippen molar-refractivity contribution < 1.29 is 14.7 Å². The maximum Gasteiger partial charge on any atom is 0.312 e. The molecule has 0 saturated carbocycles. The van der Waals surface area contributed by atoms with Crippen molar-refractivity contribution in [3.05, 3.63) is 0 Å². The second kappa shape index (κ2) is 5.70. The van der Waals surface area contributed by atoms with E-state index in [0.29, 0.717) is 12.6 Å². The number of aliphatic carboxylic acids is 1. The lowest BCUT2D eigenvalue weighted by molar-refractivity contribution is -0.140. The van der Waals surface area contributed by atoms with Gasteiger partial charge in [-0.15, -0.1) is 0 Å². The first-order valence-corrected chi connectivity index (χ1v) is 5.36. The molecule has 1 aliphatic rings. The molecule has 1 rings (SSSR count). The van der Waals surface area contributed by atoms with Gasteiger partial charge < -0.3 is 10.4 Å². The van der Waals surface area contributed by atoms with Crippen molar-refractivity contribution in [1.82, 2.24) is 10.2 Å². The Morgan fingerprint density at radius 3 is 2.87 bits per heavy atom. The topological polar surface area (TPSA) is 69.6 Å². The molecule has 15 heavy (non-hydrogen) atoms. The van der Waals surface area contributed by atoms with Gasteiger partial charge in [0.15, 0.2) is 0 Å². The Bertz CT molecular complexity index is 243. The number of nitrogens with zero attached hydrogens (tertiary/aromatic N) is 1. The summed E-state index contributed by atoms with van der Waals surface area (Å²) < 4.78 is 0. The van der Waals surface area contributed by atoms with Crippen LogP contribution in [0.15, 0.2) is 0 Å². The van der Waals surface area contributed by atoms with E-state index in [0.717, 1.165) is 25.9 Å². The number of carbonyl (C=O) groups excluding carboxylic acids is 1. The fraction of sp³-hybridized carbons (Fsp3) is 0.800. The number of carboxylic acid groups (broad SMARTS) is 1. The van der Waals surface area contributed by atoms with Gasteiger partial charge in [-0.1, -0.05) is 6.92 Å². The van der Waals surface area contributed by atoms with Crippen LogP contribution in [0.2, 0.25) is 0 Å². The minimum atomic E-state index is -1.08.